The van der Waals surface area contributed by atoms with Crippen LogP contribution in [0.3, 0.4) is 0 Å². The number of ether oxygens (including phenoxy) is 1. The van der Waals surface area contributed by atoms with Crippen LogP contribution in [0.1, 0.15) is 21.5 Å². The van der Waals surface area contributed by atoms with Crippen molar-refractivity contribution in [3.05, 3.63) is 88.7 Å². The van der Waals surface area contributed by atoms with Gasteiger partial charge in [0, 0.05) is 18.1 Å². The molecule has 128 valence electrons. The number of pyridine rings is 1. The van der Waals surface area contributed by atoms with Gasteiger partial charge in [-0.1, -0.05) is 17.7 Å². The normalized spacial score (nSPS) is 10.0. The largest absolute Gasteiger partial charge is 0.489 e. The van der Waals surface area contributed by atoms with Gasteiger partial charge in [0.1, 0.15) is 18.4 Å². The molecule has 0 aliphatic rings. The fraction of sp³-hybridized carbons (Fsp3) is 0.0500. The molecule has 0 saturated carbocycles. The highest BCUT2D eigenvalue weighted by Gasteiger charge is 2.06. The highest BCUT2D eigenvalue weighted by Crippen LogP contribution is 2.20. The zero-order valence-corrected chi connectivity index (χ0v) is 14.4. The third-order valence-corrected chi connectivity index (χ3v) is 3.92. The van der Waals surface area contributed by atoms with Crippen LogP contribution < -0.4 is 10.1 Å². The summed E-state index contributed by atoms with van der Waals surface area (Å²) in [4.78, 5) is 16.0. The van der Waals surface area contributed by atoms with E-state index in [0.717, 1.165) is 5.56 Å². The number of aromatic nitrogens is 1. The van der Waals surface area contributed by atoms with E-state index in [1.165, 1.54) is 6.20 Å². The number of nitrogens with zero attached hydrogens (tertiary/aromatic N) is 2. The first kappa shape index (κ1) is 17.5. The maximum atomic E-state index is 12.1. The third kappa shape index (κ3) is 4.38. The highest BCUT2D eigenvalue weighted by atomic mass is 35.5. The zero-order valence-electron chi connectivity index (χ0n) is 13.6. The molecule has 1 heterocycles. The molecule has 0 saturated heterocycles. The number of carbonyl (C=O) groups is 1. The molecule has 0 spiro atoms. The van der Waals surface area contributed by atoms with Crippen LogP contribution in [0.2, 0.25) is 5.02 Å². The van der Waals surface area contributed by atoms with Gasteiger partial charge in [-0.05, 0) is 54.1 Å². The van der Waals surface area contributed by atoms with Gasteiger partial charge in [-0.15, -0.1) is 0 Å². The first-order valence-electron chi connectivity index (χ1n) is 7.78. The summed E-state index contributed by atoms with van der Waals surface area (Å²) in [6, 6.07) is 17.7. The van der Waals surface area contributed by atoms with Gasteiger partial charge in [-0.25, -0.2) is 0 Å². The van der Waals surface area contributed by atoms with E-state index in [1.807, 2.05) is 12.1 Å². The standard InChI is InChI=1S/C20H14ClN3O2/c21-19-8-3-14(10-16(19)11-22)13-26-18-6-4-17(5-7-18)24-20(25)15-2-1-9-23-12-15/h1-10,12H,13H2,(H,24,25). The van der Waals surface area contributed by atoms with Gasteiger partial charge in [-0.3, -0.25) is 9.78 Å². The van der Waals surface area contributed by atoms with Crippen LogP contribution in [-0.4, -0.2) is 10.9 Å². The molecule has 0 aliphatic heterocycles. The minimum Gasteiger partial charge on any atom is -0.489 e. The Morgan fingerprint density at radius 2 is 2.00 bits per heavy atom. The van der Waals surface area contributed by atoms with E-state index in [1.54, 1.807) is 54.7 Å². The quantitative estimate of drug-likeness (QED) is 0.727. The lowest BCUT2D eigenvalue weighted by Gasteiger charge is -2.09. The predicted molar refractivity (Wildman–Crippen MR) is 99.1 cm³/mol. The van der Waals surface area contributed by atoms with E-state index in [4.69, 9.17) is 21.6 Å². The van der Waals surface area contributed by atoms with Crippen LogP contribution in [0.25, 0.3) is 0 Å². The summed E-state index contributed by atoms with van der Waals surface area (Å²) in [5, 5.41) is 12.2. The molecule has 1 aromatic heterocycles. The topological polar surface area (TPSA) is 75.0 Å². The molecule has 0 atom stereocenters. The minimum atomic E-state index is -0.225. The number of amides is 1. The van der Waals surface area contributed by atoms with Gasteiger partial charge in [0.25, 0.3) is 5.91 Å². The van der Waals surface area contributed by atoms with Crippen LogP contribution in [-0.2, 0) is 6.61 Å². The van der Waals surface area contributed by atoms with Crippen molar-refractivity contribution < 1.29 is 9.53 Å². The molecule has 1 amide bonds. The monoisotopic (exact) mass is 363 g/mol. The SMILES string of the molecule is N#Cc1cc(COc2ccc(NC(=O)c3cccnc3)cc2)ccc1Cl. The average molecular weight is 364 g/mol. The second-order valence-electron chi connectivity index (χ2n) is 5.43. The lowest BCUT2D eigenvalue weighted by atomic mass is 10.1. The Balaban J connectivity index is 1.60. The fourth-order valence-electron chi connectivity index (χ4n) is 2.25. The van der Waals surface area contributed by atoms with Crippen molar-refractivity contribution in [2.75, 3.05) is 5.32 Å². The number of benzene rings is 2. The number of halogens is 1. The van der Waals surface area contributed by atoms with E-state index in [0.29, 0.717) is 34.2 Å². The molecular formula is C20H14ClN3O2. The Labute approximate surface area is 155 Å². The Bertz CT molecular complexity index is 951. The molecule has 0 bridgehead atoms. The zero-order chi connectivity index (χ0) is 18.4. The van der Waals surface area contributed by atoms with E-state index in [2.05, 4.69) is 10.3 Å². The first-order valence-corrected chi connectivity index (χ1v) is 8.16. The van der Waals surface area contributed by atoms with E-state index in [9.17, 15) is 4.79 Å². The number of rotatable bonds is 5. The van der Waals surface area contributed by atoms with Crippen LogP contribution in [0.15, 0.2) is 67.0 Å². The van der Waals surface area contributed by atoms with Crippen molar-refractivity contribution in [2.45, 2.75) is 6.61 Å². The number of nitrogens with one attached hydrogen (secondary N) is 1. The highest BCUT2D eigenvalue weighted by molar-refractivity contribution is 6.31. The second kappa shape index (κ2) is 8.15. The predicted octanol–water partition coefficient (Wildman–Crippen LogP) is 4.44. The first-order chi connectivity index (χ1) is 12.7. The summed E-state index contributed by atoms with van der Waals surface area (Å²) >= 11 is 5.91. The van der Waals surface area contributed by atoms with E-state index >= 15 is 0 Å². The average Bonchev–Trinajstić information content (AvgIpc) is 2.69. The molecule has 0 unspecified atom stereocenters. The van der Waals surface area contributed by atoms with Gasteiger partial charge < -0.3 is 10.1 Å². The van der Waals surface area contributed by atoms with Crippen LogP contribution in [0.4, 0.5) is 5.69 Å². The minimum absolute atomic E-state index is 0.225. The summed E-state index contributed by atoms with van der Waals surface area (Å²) in [5.41, 5.74) is 2.41. The van der Waals surface area contributed by atoms with Crippen LogP contribution in [0.5, 0.6) is 5.75 Å². The van der Waals surface area contributed by atoms with Gasteiger partial charge in [0.2, 0.25) is 0 Å². The van der Waals surface area contributed by atoms with E-state index < -0.39 is 0 Å². The van der Waals surface area contributed by atoms with Crippen molar-refractivity contribution in [3.8, 4) is 11.8 Å². The van der Waals surface area contributed by atoms with Crippen molar-refractivity contribution in [3.63, 3.8) is 0 Å². The number of hydrogen-bond acceptors (Lipinski definition) is 4. The Kier molecular flexibility index (Phi) is 5.47. The van der Waals surface area contributed by atoms with Crippen LogP contribution in [0, 0.1) is 11.3 Å². The number of carbonyl (C=O) groups excluding carboxylic acids is 1. The maximum Gasteiger partial charge on any atom is 0.257 e. The van der Waals surface area contributed by atoms with Crippen molar-refractivity contribution in [1.29, 1.82) is 5.26 Å². The molecule has 1 N–H and O–H groups in total. The van der Waals surface area contributed by atoms with E-state index in [-0.39, 0.29) is 5.91 Å². The molecule has 3 rings (SSSR count). The molecular weight excluding hydrogens is 350 g/mol. The van der Waals surface area contributed by atoms with Gasteiger partial charge in [0.05, 0.1) is 16.1 Å². The molecule has 3 aromatic rings. The van der Waals surface area contributed by atoms with Crippen molar-refractivity contribution >= 4 is 23.2 Å². The lowest BCUT2D eigenvalue weighted by Crippen LogP contribution is -2.11. The maximum absolute atomic E-state index is 12.1. The van der Waals surface area contributed by atoms with Crippen molar-refractivity contribution in [1.82, 2.24) is 4.98 Å². The lowest BCUT2D eigenvalue weighted by molar-refractivity contribution is 0.102. The Morgan fingerprint density at radius 3 is 2.69 bits per heavy atom. The summed E-state index contributed by atoms with van der Waals surface area (Å²) < 4.78 is 5.70. The number of nitriles is 1. The molecule has 26 heavy (non-hydrogen) atoms. The summed E-state index contributed by atoms with van der Waals surface area (Å²) in [6.45, 7) is 0.313. The fourth-order valence-corrected chi connectivity index (χ4v) is 2.41. The Morgan fingerprint density at radius 1 is 1.19 bits per heavy atom. The molecule has 0 aliphatic carbocycles. The molecule has 6 heteroatoms. The molecule has 5 nitrogen and oxygen atoms in total. The molecule has 2 aromatic carbocycles. The summed E-state index contributed by atoms with van der Waals surface area (Å²) in [5.74, 6) is 0.426. The third-order valence-electron chi connectivity index (χ3n) is 3.59. The molecule has 0 radical (unpaired) electrons. The van der Waals surface area contributed by atoms with Crippen molar-refractivity contribution in [2.24, 2.45) is 0 Å². The summed E-state index contributed by atoms with van der Waals surface area (Å²) in [7, 11) is 0. The number of anilines is 1. The van der Waals surface area contributed by atoms with Gasteiger partial charge >= 0.3 is 0 Å². The second-order valence-corrected chi connectivity index (χ2v) is 5.84. The van der Waals surface area contributed by atoms with Gasteiger partial charge in [-0.2, -0.15) is 5.26 Å². The summed E-state index contributed by atoms with van der Waals surface area (Å²) in [6.07, 6.45) is 3.12. The smallest absolute Gasteiger partial charge is 0.257 e. The Hall–Kier alpha value is -3.36. The number of hydrogen-bond donors (Lipinski definition) is 1. The van der Waals surface area contributed by atoms with Crippen LogP contribution >= 0.6 is 11.6 Å². The molecule has 0 fully saturated rings. The van der Waals surface area contributed by atoms with Gasteiger partial charge in [0.15, 0.2) is 0 Å².